The number of piperidine rings is 1. The van der Waals surface area contributed by atoms with Gasteiger partial charge in [-0.2, -0.15) is 0 Å². The number of halogens is 1. The second-order valence-electron chi connectivity index (χ2n) is 7.37. The molecular formula is C21H25ClN2O3S. The summed E-state index contributed by atoms with van der Waals surface area (Å²) in [6.07, 6.45) is 1.04. The van der Waals surface area contributed by atoms with E-state index in [0.29, 0.717) is 31.0 Å². The summed E-state index contributed by atoms with van der Waals surface area (Å²) >= 11 is 5.95. The Labute approximate surface area is 171 Å². The summed E-state index contributed by atoms with van der Waals surface area (Å²) in [6.45, 7) is 4.57. The lowest BCUT2D eigenvalue weighted by Crippen LogP contribution is -2.41. The smallest absolute Gasteiger partial charge is 0.227 e. The molecule has 5 nitrogen and oxygen atoms in total. The number of carbonyl (C=O) groups excluding carboxylic acids is 1. The van der Waals surface area contributed by atoms with E-state index in [0.717, 1.165) is 22.4 Å². The second-order valence-corrected chi connectivity index (χ2v) is 9.77. The van der Waals surface area contributed by atoms with E-state index in [1.165, 1.54) is 4.31 Å². The lowest BCUT2D eigenvalue weighted by atomic mass is 9.97. The number of amides is 1. The molecule has 1 N–H and O–H groups in total. The first-order valence-electron chi connectivity index (χ1n) is 9.35. The van der Waals surface area contributed by atoms with Crippen LogP contribution in [0, 0.1) is 19.8 Å². The molecule has 0 bridgehead atoms. The zero-order valence-electron chi connectivity index (χ0n) is 16.1. The first-order valence-corrected chi connectivity index (χ1v) is 11.3. The Kier molecular flexibility index (Phi) is 6.43. The average molecular weight is 421 g/mol. The summed E-state index contributed by atoms with van der Waals surface area (Å²) in [5, 5.41) is 3.57. The van der Waals surface area contributed by atoms with Gasteiger partial charge in [-0.05, 0) is 56.0 Å². The third kappa shape index (κ3) is 5.13. The van der Waals surface area contributed by atoms with Gasteiger partial charge in [-0.25, -0.2) is 12.7 Å². The van der Waals surface area contributed by atoms with Crippen LogP contribution in [0.25, 0.3) is 0 Å². The molecule has 0 aromatic heterocycles. The van der Waals surface area contributed by atoms with E-state index in [-0.39, 0.29) is 17.6 Å². The number of benzene rings is 2. The van der Waals surface area contributed by atoms with E-state index in [2.05, 4.69) is 5.32 Å². The molecule has 3 rings (SSSR count). The quantitative estimate of drug-likeness (QED) is 0.790. The molecule has 0 aliphatic carbocycles. The summed E-state index contributed by atoms with van der Waals surface area (Å²) in [6, 6.07) is 12.9. The fraction of sp³-hybridized carbons (Fsp3) is 0.381. The zero-order chi connectivity index (χ0) is 20.3. The number of hydrogen-bond donors (Lipinski definition) is 1. The molecule has 1 aliphatic rings. The maximum absolute atomic E-state index is 12.7. The normalized spacial score (nSPS) is 16.1. The Morgan fingerprint density at radius 2 is 1.86 bits per heavy atom. The molecule has 1 saturated heterocycles. The minimum Gasteiger partial charge on any atom is -0.326 e. The van der Waals surface area contributed by atoms with Crippen molar-refractivity contribution in [2.75, 3.05) is 18.4 Å². The van der Waals surface area contributed by atoms with Crippen molar-refractivity contribution >= 4 is 33.2 Å². The van der Waals surface area contributed by atoms with E-state index in [9.17, 15) is 13.2 Å². The maximum Gasteiger partial charge on any atom is 0.227 e. The molecule has 2 aromatic carbocycles. The first kappa shape index (κ1) is 20.8. The number of anilines is 1. The number of carbonyl (C=O) groups is 1. The van der Waals surface area contributed by atoms with Gasteiger partial charge in [0.25, 0.3) is 0 Å². The second kappa shape index (κ2) is 8.64. The molecule has 7 heteroatoms. The van der Waals surface area contributed by atoms with Gasteiger partial charge in [0.2, 0.25) is 15.9 Å². The number of nitrogens with one attached hydrogen (secondary N) is 1. The van der Waals surface area contributed by atoms with Crippen molar-refractivity contribution in [3.8, 4) is 0 Å². The zero-order valence-corrected chi connectivity index (χ0v) is 17.7. The minimum absolute atomic E-state index is 0.00445. The fourth-order valence-electron chi connectivity index (χ4n) is 3.50. The van der Waals surface area contributed by atoms with Crippen LogP contribution in [0.5, 0.6) is 0 Å². The van der Waals surface area contributed by atoms with Crippen LogP contribution in [0.15, 0.2) is 42.5 Å². The molecule has 1 heterocycles. The first-order chi connectivity index (χ1) is 13.2. The number of sulfonamides is 1. The van der Waals surface area contributed by atoms with Gasteiger partial charge in [-0.3, -0.25) is 4.79 Å². The molecule has 0 radical (unpaired) electrons. The molecule has 1 amide bonds. The van der Waals surface area contributed by atoms with Gasteiger partial charge < -0.3 is 5.32 Å². The summed E-state index contributed by atoms with van der Waals surface area (Å²) in [5.41, 5.74) is 3.47. The third-order valence-corrected chi connectivity index (χ3v) is 7.18. The van der Waals surface area contributed by atoms with E-state index in [4.69, 9.17) is 11.6 Å². The molecule has 1 aliphatic heterocycles. The molecule has 1 fully saturated rings. The van der Waals surface area contributed by atoms with E-state index >= 15 is 0 Å². The van der Waals surface area contributed by atoms with E-state index in [1.807, 2.05) is 38.1 Å². The largest absolute Gasteiger partial charge is 0.326 e. The van der Waals surface area contributed by atoms with Gasteiger partial charge in [0.1, 0.15) is 0 Å². The Morgan fingerprint density at radius 1 is 1.14 bits per heavy atom. The summed E-state index contributed by atoms with van der Waals surface area (Å²) in [7, 11) is -3.39. The molecule has 0 unspecified atom stereocenters. The van der Waals surface area contributed by atoms with Gasteiger partial charge in [-0.1, -0.05) is 41.4 Å². The van der Waals surface area contributed by atoms with Crippen LogP contribution >= 0.6 is 11.6 Å². The maximum atomic E-state index is 12.7. The Morgan fingerprint density at radius 3 is 2.50 bits per heavy atom. The third-order valence-electron chi connectivity index (χ3n) is 5.10. The standard InChI is InChI=1S/C21H25ClN2O3S/c1-15-4-3-5-17(12-15)14-28(26,27)24-10-8-18(9-11-24)21(25)23-20-7-6-19(22)13-16(20)2/h3-7,12-13,18H,8-11,14H2,1-2H3,(H,23,25). The Balaban J connectivity index is 1.58. The van der Waals surface area contributed by atoms with Crippen LogP contribution in [0.4, 0.5) is 5.69 Å². The topological polar surface area (TPSA) is 66.5 Å². The monoisotopic (exact) mass is 420 g/mol. The van der Waals surface area contributed by atoms with Gasteiger partial charge in [0.15, 0.2) is 0 Å². The highest BCUT2D eigenvalue weighted by Crippen LogP contribution is 2.25. The molecule has 28 heavy (non-hydrogen) atoms. The van der Waals surface area contributed by atoms with Crippen molar-refractivity contribution in [1.82, 2.24) is 4.31 Å². The SMILES string of the molecule is Cc1cccc(CS(=O)(=O)N2CCC(C(=O)Nc3ccc(Cl)cc3C)CC2)c1. The van der Waals surface area contributed by atoms with Gasteiger partial charge >= 0.3 is 0 Å². The van der Waals surface area contributed by atoms with Crippen molar-refractivity contribution < 1.29 is 13.2 Å². The van der Waals surface area contributed by atoms with Crippen LogP contribution in [-0.4, -0.2) is 31.7 Å². The van der Waals surface area contributed by atoms with Crippen molar-refractivity contribution in [3.63, 3.8) is 0 Å². The van der Waals surface area contributed by atoms with Crippen molar-refractivity contribution in [2.24, 2.45) is 5.92 Å². The lowest BCUT2D eigenvalue weighted by Gasteiger charge is -2.30. The number of nitrogens with zero attached hydrogens (tertiary/aromatic N) is 1. The highest BCUT2D eigenvalue weighted by Gasteiger charge is 2.31. The van der Waals surface area contributed by atoms with Gasteiger partial charge in [-0.15, -0.1) is 0 Å². The molecule has 0 atom stereocenters. The molecule has 2 aromatic rings. The number of aryl methyl sites for hydroxylation is 2. The molecule has 0 saturated carbocycles. The van der Waals surface area contributed by atoms with Crippen molar-refractivity contribution in [2.45, 2.75) is 32.4 Å². The summed E-state index contributed by atoms with van der Waals surface area (Å²) < 4.78 is 27.0. The van der Waals surface area contributed by atoms with Crippen LogP contribution in [0.1, 0.15) is 29.5 Å². The number of hydrogen-bond acceptors (Lipinski definition) is 3. The minimum atomic E-state index is -3.39. The molecule has 150 valence electrons. The Bertz CT molecular complexity index is 967. The van der Waals surface area contributed by atoms with Gasteiger partial charge in [0, 0.05) is 29.7 Å². The summed E-state index contributed by atoms with van der Waals surface area (Å²) in [4.78, 5) is 12.6. The average Bonchev–Trinajstić information content (AvgIpc) is 2.64. The predicted octanol–water partition coefficient (Wildman–Crippen LogP) is 4.14. The Hall–Kier alpha value is -1.89. The van der Waals surface area contributed by atoms with Crippen molar-refractivity contribution in [1.29, 1.82) is 0 Å². The van der Waals surface area contributed by atoms with Crippen molar-refractivity contribution in [3.05, 3.63) is 64.2 Å². The fourth-order valence-corrected chi connectivity index (χ4v) is 5.28. The van der Waals surface area contributed by atoms with Crippen LogP contribution in [0.3, 0.4) is 0 Å². The van der Waals surface area contributed by atoms with E-state index < -0.39 is 10.0 Å². The van der Waals surface area contributed by atoms with Crippen LogP contribution < -0.4 is 5.32 Å². The van der Waals surface area contributed by atoms with Crippen LogP contribution in [0.2, 0.25) is 5.02 Å². The molecule has 0 spiro atoms. The molecular weight excluding hydrogens is 396 g/mol. The van der Waals surface area contributed by atoms with Crippen LogP contribution in [-0.2, 0) is 20.6 Å². The van der Waals surface area contributed by atoms with E-state index in [1.54, 1.807) is 18.2 Å². The summed E-state index contributed by atoms with van der Waals surface area (Å²) in [5.74, 6) is -0.267. The highest BCUT2D eigenvalue weighted by molar-refractivity contribution is 7.88. The van der Waals surface area contributed by atoms with Gasteiger partial charge in [0.05, 0.1) is 5.75 Å². The number of rotatable bonds is 5. The lowest BCUT2D eigenvalue weighted by molar-refractivity contribution is -0.120. The highest BCUT2D eigenvalue weighted by atomic mass is 35.5. The predicted molar refractivity (Wildman–Crippen MR) is 113 cm³/mol.